The Hall–Kier alpha value is -2.29. The fourth-order valence-electron chi connectivity index (χ4n) is 3.60. The third-order valence-corrected chi connectivity index (χ3v) is 5.60. The van der Waals surface area contributed by atoms with Crippen molar-refractivity contribution in [2.45, 2.75) is 37.8 Å². The highest BCUT2D eigenvalue weighted by Crippen LogP contribution is 2.49. The summed E-state index contributed by atoms with van der Waals surface area (Å²) in [7, 11) is 0. The monoisotopic (exact) mass is 426 g/mol. The van der Waals surface area contributed by atoms with E-state index >= 15 is 0 Å². The van der Waals surface area contributed by atoms with Crippen molar-refractivity contribution in [3.05, 3.63) is 64.6 Å². The molecule has 0 spiro atoms. The minimum atomic E-state index is -4.55. The zero-order valence-corrected chi connectivity index (χ0v) is 16.3. The predicted molar refractivity (Wildman–Crippen MR) is 100 cm³/mol. The maximum absolute atomic E-state index is 12.9. The van der Waals surface area contributed by atoms with Crippen LogP contribution in [0.25, 0.3) is 5.65 Å². The first-order valence-corrected chi connectivity index (χ1v) is 9.27. The Kier molecular flexibility index (Phi) is 4.76. The average molecular weight is 427 g/mol. The molecule has 0 bridgehead atoms. The molecule has 0 radical (unpaired) electrons. The van der Waals surface area contributed by atoms with Crippen LogP contribution in [0.3, 0.4) is 0 Å². The van der Waals surface area contributed by atoms with Crippen LogP contribution in [-0.2, 0) is 10.3 Å². The molecule has 2 aromatic heterocycles. The van der Waals surface area contributed by atoms with E-state index in [0.29, 0.717) is 22.1 Å². The van der Waals surface area contributed by atoms with E-state index < -0.39 is 30.6 Å². The lowest BCUT2D eigenvalue weighted by Crippen LogP contribution is -2.49. The highest BCUT2D eigenvalue weighted by molar-refractivity contribution is 6.30. The van der Waals surface area contributed by atoms with Gasteiger partial charge in [0.2, 0.25) is 0 Å². The van der Waals surface area contributed by atoms with Gasteiger partial charge in [-0.25, -0.2) is 4.98 Å². The largest absolute Gasteiger partial charge is 0.479 e. The lowest BCUT2D eigenvalue weighted by Gasteiger charge is -2.44. The molecule has 0 saturated heterocycles. The standard InChI is InChI=1S/C20H18ClF3N2O3/c1-11-17(21)26-9-8-13-15(18(26)25-11)29-14(12-6-4-3-5-7-12)16(27)19(13,2)28-10-20(22,23)24/h3-9,14,16,27H,10H2,1-2H3/t14-,16?,19?/m1/s1. The second-order valence-corrected chi connectivity index (χ2v) is 7.50. The first kappa shape index (κ1) is 20.0. The average Bonchev–Trinajstić information content (AvgIpc) is 2.98. The number of imidazole rings is 1. The number of benzene rings is 1. The normalized spacial score (nSPS) is 24.4. The molecular formula is C20H18ClF3N2O3. The summed E-state index contributed by atoms with van der Waals surface area (Å²) in [6.45, 7) is 1.63. The summed E-state index contributed by atoms with van der Waals surface area (Å²) >= 11 is 6.27. The van der Waals surface area contributed by atoms with Crippen LogP contribution in [0, 0.1) is 6.92 Å². The van der Waals surface area contributed by atoms with Crippen LogP contribution in [0.1, 0.15) is 29.8 Å². The van der Waals surface area contributed by atoms with Crippen molar-refractivity contribution in [1.29, 1.82) is 0 Å². The van der Waals surface area contributed by atoms with Gasteiger partial charge in [0.15, 0.2) is 17.5 Å². The molecule has 1 aliphatic heterocycles. The number of hydrogen-bond donors (Lipinski definition) is 1. The molecule has 3 atom stereocenters. The van der Waals surface area contributed by atoms with Gasteiger partial charge in [0, 0.05) is 11.8 Å². The fraction of sp³-hybridized carbons (Fsp3) is 0.350. The maximum atomic E-state index is 12.9. The van der Waals surface area contributed by atoms with Gasteiger partial charge < -0.3 is 14.6 Å². The molecule has 0 fully saturated rings. The molecule has 1 aliphatic rings. The van der Waals surface area contributed by atoms with Gasteiger partial charge in [0.05, 0.1) is 5.69 Å². The summed E-state index contributed by atoms with van der Waals surface area (Å²) in [4.78, 5) is 4.40. The number of aliphatic hydroxyl groups is 1. The first-order chi connectivity index (χ1) is 13.6. The Labute approximate surface area is 169 Å². The molecule has 29 heavy (non-hydrogen) atoms. The predicted octanol–water partition coefficient (Wildman–Crippen LogP) is 4.58. The highest BCUT2D eigenvalue weighted by Gasteiger charge is 2.50. The molecule has 3 heterocycles. The number of pyridine rings is 1. The van der Waals surface area contributed by atoms with Crippen LogP contribution in [0.4, 0.5) is 13.2 Å². The van der Waals surface area contributed by atoms with E-state index in [1.54, 1.807) is 47.9 Å². The van der Waals surface area contributed by atoms with Gasteiger partial charge in [-0.05, 0) is 25.5 Å². The number of ether oxygens (including phenoxy) is 2. The number of aliphatic hydroxyl groups excluding tert-OH is 1. The van der Waals surface area contributed by atoms with Crippen molar-refractivity contribution in [3.8, 4) is 5.75 Å². The van der Waals surface area contributed by atoms with Crippen LogP contribution in [0.5, 0.6) is 5.75 Å². The summed E-state index contributed by atoms with van der Waals surface area (Å²) in [6.07, 6.45) is -5.33. The van der Waals surface area contributed by atoms with Crippen LogP contribution in [0.15, 0.2) is 42.6 Å². The van der Waals surface area contributed by atoms with E-state index in [-0.39, 0.29) is 11.3 Å². The number of fused-ring (bicyclic) bond motifs is 3. The van der Waals surface area contributed by atoms with Gasteiger partial charge >= 0.3 is 6.18 Å². The zero-order chi connectivity index (χ0) is 21.0. The Morgan fingerprint density at radius 3 is 2.62 bits per heavy atom. The molecule has 4 rings (SSSR count). The van der Waals surface area contributed by atoms with E-state index in [1.165, 1.54) is 13.0 Å². The fourth-order valence-corrected chi connectivity index (χ4v) is 3.78. The minimum Gasteiger partial charge on any atom is -0.479 e. The quantitative estimate of drug-likeness (QED) is 0.665. The van der Waals surface area contributed by atoms with Gasteiger partial charge in [-0.2, -0.15) is 13.2 Å². The second-order valence-electron chi connectivity index (χ2n) is 7.15. The number of halogens is 4. The molecule has 5 nitrogen and oxygen atoms in total. The van der Waals surface area contributed by atoms with Crippen molar-refractivity contribution in [2.24, 2.45) is 0 Å². The van der Waals surface area contributed by atoms with Gasteiger partial charge in [-0.3, -0.25) is 4.40 Å². The number of rotatable bonds is 3. The third kappa shape index (κ3) is 3.35. The summed E-state index contributed by atoms with van der Waals surface area (Å²) < 4.78 is 51.8. The summed E-state index contributed by atoms with van der Waals surface area (Å²) in [5.41, 5.74) is 0.0839. The number of alkyl halides is 3. The third-order valence-electron chi connectivity index (χ3n) is 5.14. The SMILES string of the molecule is Cc1nc2c3c(ccn2c1Cl)C(C)(OCC(F)(F)F)C(O)[C@@H](c1ccccc1)O3. The van der Waals surface area contributed by atoms with E-state index in [1.807, 2.05) is 0 Å². The van der Waals surface area contributed by atoms with Crippen molar-refractivity contribution in [2.75, 3.05) is 6.61 Å². The van der Waals surface area contributed by atoms with Crippen LogP contribution in [-0.4, -0.2) is 33.4 Å². The van der Waals surface area contributed by atoms with E-state index in [4.69, 9.17) is 21.1 Å². The molecule has 154 valence electrons. The number of aryl methyl sites for hydroxylation is 1. The van der Waals surface area contributed by atoms with Gasteiger partial charge in [0.25, 0.3) is 0 Å². The summed E-state index contributed by atoms with van der Waals surface area (Å²) in [5, 5.41) is 11.4. The molecule has 0 amide bonds. The van der Waals surface area contributed by atoms with Crippen LogP contribution >= 0.6 is 11.6 Å². The van der Waals surface area contributed by atoms with Crippen LogP contribution in [0.2, 0.25) is 5.15 Å². The Morgan fingerprint density at radius 1 is 1.28 bits per heavy atom. The molecule has 2 unspecified atom stereocenters. The zero-order valence-electron chi connectivity index (χ0n) is 15.6. The number of hydrogen-bond acceptors (Lipinski definition) is 4. The molecule has 1 N–H and O–H groups in total. The summed E-state index contributed by atoms with van der Waals surface area (Å²) in [6, 6.07) is 10.3. The molecule has 0 aliphatic carbocycles. The van der Waals surface area contributed by atoms with E-state index in [0.717, 1.165) is 0 Å². The number of nitrogens with zero attached hydrogens (tertiary/aromatic N) is 2. The molecule has 1 aromatic carbocycles. The summed E-state index contributed by atoms with van der Waals surface area (Å²) in [5.74, 6) is 0.228. The second kappa shape index (κ2) is 6.90. The minimum absolute atomic E-state index is 0.228. The number of aromatic nitrogens is 2. The van der Waals surface area contributed by atoms with Gasteiger partial charge in [-0.1, -0.05) is 41.9 Å². The van der Waals surface area contributed by atoms with Crippen molar-refractivity contribution < 1.29 is 27.8 Å². The lowest BCUT2D eigenvalue weighted by atomic mass is 9.82. The molecule has 0 saturated carbocycles. The van der Waals surface area contributed by atoms with Crippen molar-refractivity contribution in [3.63, 3.8) is 0 Å². The van der Waals surface area contributed by atoms with E-state index in [2.05, 4.69) is 4.98 Å². The Balaban J connectivity index is 1.91. The first-order valence-electron chi connectivity index (χ1n) is 8.90. The maximum Gasteiger partial charge on any atom is 0.411 e. The topological polar surface area (TPSA) is 56.0 Å². The van der Waals surface area contributed by atoms with Gasteiger partial charge in [0.1, 0.15) is 23.5 Å². The van der Waals surface area contributed by atoms with Gasteiger partial charge in [-0.15, -0.1) is 0 Å². The molecular weight excluding hydrogens is 409 g/mol. The smallest absolute Gasteiger partial charge is 0.411 e. The van der Waals surface area contributed by atoms with Crippen LogP contribution < -0.4 is 4.74 Å². The highest BCUT2D eigenvalue weighted by atomic mass is 35.5. The van der Waals surface area contributed by atoms with Crippen molar-refractivity contribution >= 4 is 17.2 Å². The Bertz CT molecular complexity index is 1050. The Morgan fingerprint density at radius 2 is 1.97 bits per heavy atom. The lowest BCUT2D eigenvalue weighted by molar-refractivity contribution is -0.237. The molecule has 9 heteroatoms. The van der Waals surface area contributed by atoms with E-state index in [9.17, 15) is 18.3 Å². The molecule has 3 aromatic rings. The van der Waals surface area contributed by atoms with Crippen molar-refractivity contribution in [1.82, 2.24) is 9.38 Å².